The molecule has 0 aliphatic rings. The molecule has 0 unspecified atom stereocenters. The Labute approximate surface area is 116 Å². The molecule has 0 atom stereocenters. The van der Waals surface area contributed by atoms with Gasteiger partial charge in [0.05, 0.1) is 0 Å². The van der Waals surface area contributed by atoms with Crippen molar-refractivity contribution in [3.05, 3.63) is 47.3 Å². The third-order valence-electron chi connectivity index (χ3n) is 2.89. The highest BCUT2D eigenvalue weighted by atomic mass is 19.1. The van der Waals surface area contributed by atoms with E-state index in [1.807, 2.05) is 13.8 Å². The molecule has 1 aromatic carbocycles. The summed E-state index contributed by atoms with van der Waals surface area (Å²) in [4.78, 5) is 15.9. The number of hydrogen-bond acceptors (Lipinski definition) is 3. The molecular formula is C14H17FN4O. The number of carbonyl (C=O) groups excluding carboxylic acids is 1. The number of amides is 1. The van der Waals surface area contributed by atoms with Crippen LogP contribution in [0.15, 0.2) is 24.3 Å². The van der Waals surface area contributed by atoms with E-state index in [4.69, 9.17) is 0 Å². The van der Waals surface area contributed by atoms with Gasteiger partial charge in [0.15, 0.2) is 0 Å². The Kier molecular flexibility index (Phi) is 4.45. The molecule has 0 spiro atoms. The molecule has 0 saturated carbocycles. The van der Waals surface area contributed by atoms with E-state index in [1.54, 1.807) is 18.2 Å². The number of hydrogen-bond donors (Lipinski definition) is 2. The van der Waals surface area contributed by atoms with Crippen LogP contribution >= 0.6 is 0 Å². The van der Waals surface area contributed by atoms with Crippen LogP contribution in [-0.2, 0) is 6.42 Å². The fourth-order valence-corrected chi connectivity index (χ4v) is 1.72. The summed E-state index contributed by atoms with van der Waals surface area (Å²) in [6, 6.07) is 6.51. The van der Waals surface area contributed by atoms with E-state index < -0.39 is 0 Å². The summed E-state index contributed by atoms with van der Waals surface area (Å²) in [7, 11) is 0. The second-order valence-electron chi connectivity index (χ2n) is 4.80. The Morgan fingerprint density at radius 3 is 2.80 bits per heavy atom. The third kappa shape index (κ3) is 3.40. The molecule has 1 amide bonds. The molecule has 2 aromatic rings. The summed E-state index contributed by atoms with van der Waals surface area (Å²) in [5.74, 6) is 0.347. The van der Waals surface area contributed by atoms with Crippen molar-refractivity contribution < 1.29 is 9.18 Å². The largest absolute Gasteiger partial charge is 0.349 e. The smallest absolute Gasteiger partial charge is 0.290 e. The van der Waals surface area contributed by atoms with Crippen LogP contribution in [0, 0.1) is 5.82 Å². The summed E-state index contributed by atoms with van der Waals surface area (Å²) in [6.07, 6.45) is 0.430. The van der Waals surface area contributed by atoms with Gasteiger partial charge >= 0.3 is 0 Å². The predicted octanol–water partition coefficient (Wildman–Crippen LogP) is 2.04. The van der Waals surface area contributed by atoms with E-state index in [9.17, 15) is 9.18 Å². The van der Waals surface area contributed by atoms with Gasteiger partial charge in [0.1, 0.15) is 11.6 Å². The molecule has 0 fully saturated rings. The van der Waals surface area contributed by atoms with Crippen LogP contribution in [0.5, 0.6) is 0 Å². The summed E-state index contributed by atoms with van der Waals surface area (Å²) >= 11 is 0. The van der Waals surface area contributed by atoms with Gasteiger partial charge in [-0.2, -0.15) is 0 Å². The van der Waals surface area contributed by atoms with E-state index in [1.165, 1.54) is 6.07 Å². The van der Waals surface area contributed by atoms with Crippen LogP contribution in [0.2, 0.25) is 0 Å². The van der Waals surface area contributed by atoms with Gasteiger partial charge in [0.25, 0.3) is 5.91 Å². The number of nitrogens with one attached hydrogen (secondary N) is 2. The fraction of sp³-hybridized carbons (Fsp3) is 0.357. The zero-order chi connectivity index (χ0) is 14.5. The first-order valence-corrected chi connectivity index (χ1v) is 6.52. The minimum absolute atomic E-state index is 0.113. The first-order chi connectivity index (χ1) is 9.58. The molecule has 5 nitrogen and oxygen atoms in total. The maximum atomic E-state index is 13.4. The number of nitrogens with zero attached hydrogens (tertiary/aromatic N) is 2. The van der Waals surface area contributed by atoms with Crippen LogP contribution in [0.4, 0.5) is 4.39 Å². The van der Waals surface area contributed by atoms with Crippen molar-refractivity contribution in [3.63, 3.8) is 0 Å². The normalized spacial score (nSPS) is 10.8. The lowest BCUT2D eigenvalue weighted by Gasteiger charge is -2.04. The molecule has 1 aromatic heterocycles. The maximum Gasteiger partial charge on any atom is 0.290 e. The Balaban J connectivity index is 1.87. The Hall–Kier alpha value is -2.24. The van der Waals surface area contributed by atoms with Crippen molar-refractivity contribution in [1.82, 2.24) is 20.5 Å². The van der Waals surface area contributed by atoms with E-state index in [0.717, 1.165) is 0 Å². The number of aromatic amines is 1. The molecule has 2 N–H and O–H groups in total. The van der Waals surface area contributed by atoms with Gasteiger partial charge in [0, 0.05) is 12.5 Å². The number of aromatic nitrogens is 3. The first kappa shape index (κ1) is 14.2. The molecule has 2 rings (SSSR count). The Bertz CT molecular complexity index is 594. The number of rotatable bonds is 5. The summed E-state index contributed by atoms with van der Waals surface area (Å²) in [5.41, 5.74) is 0.575. The minimum atomic E-state index is -0.357. The van der Waals surface area contributed by atoms with Gasteiger partial charge in [-0.05, 0) is 18.1 Å². The summed E-state index contributed by atoms with van der Waals surface area (Å²) in [5, 5.41) is 9.26. The zero-order valence-electron chi connectivity index (χ0n) is 11.5. The van der Waals surface area contributed by atoms with E-state index in [2.05, 4.69) is 20.5 Å². The van der Waals surface area contributed by atoms with Gasteiger partial charge in [-0.15, -0.1) is 5.10 Å². The summed E-state index contributed by atoms with van der Waals surface area (Å²) < 4.78 is 13.4. The second-order valence-corrected chi connectivity index (χ2v) is 4.80. The lowest BCUT2D eigenvalue weighted by molar-refractivity contribution is 0.0944. The molecule has 0 aliphatic carbocycles. The van der Waals surface area contributed by atoms with Gasteiger partial charge in [0.2, 0.25) is 5.82 Å². The van der Waals surface area contributed by atoms with Crippen LogP contribution < -0.4 is 5.32 Å². The number of halogens is 1. The van der Waals surface area contributed by atoms with Crippen molar-refractivity contribution >= 4 is 5.91 Å². The van der Waals surface area contributed by atoms with Crippen LogP contribution in [0.1, 0.15) is 41.8 Å². The van der Waals surface area contributed by atoms with Gasteiger partial charge < -0.3 is 5.32 Å². The lowest BCUT2D eigenvalue weighted by Crippen LogP contribution is -2.27. The molecule has 1 heterocycles. The highest BCUT2D eigenvalue weighted by Gasteiger charge is 2.13. The molecule has 0 bridgehead atoms. The highest BCUT2D eigenvalue weighted by Crippen LogP contribution is 2.08. The van der Waals surface area contributed by atoms with E-state index >= 15 is 0 Å². The Morgan fingerprint density at radius 1 is 1.40 bits per heavy atom. The third-order valence-corrected chi connectivity index (χ3v) is 2.89. The van der Waals surface area contributed by atoms with Crippen LogP contribution in [0.25, 0.3) is 0 Å². The molecule has 6 heteroatoms. The molecule has 106 valence electrons. The predicted molar refractivity (Wildman–Crippen MR) is 72.9 cm³/mol. The minimum Gasteiger partial charge on any atom is -0.349 e. The molecular weight excluding hydrogens is 259 g/mol. The van der Waals surface area contributed by atoms with Crippen molar-refractivity contribution in [2.45, 2.75) is 26.2 Å². The standard InChI is InChI=1S/C14H17FN4O/c1-9(2)12-17-13(19-18-12)14(20)16-8-7-10-5-3-4-6-11(10)15/h3-6,9H,7-8H2,1-2H3,(H,16,20)(H,17,18,19). The van der Waals surface area contributed by atoms with Crippen molar-refractivity contribution in [1.29, 1.82) is 0 Å². The topological polar surface area (TPSA) is 70.7 Å². The fourth-order valence-electron chi connectivity index (χ4n) is 1.72. The zero-order valence-corrected chi connectivity index (χ0v) is 11.5. The van der Waals surface area contributed by atoms with Crippen molar-refractivity contribution in [2.75, 3.05) is 6.54 Å². The monoisotopic (exact) mass is 276 g/mol. The van der Waals surface area contributed by atoms with E-state index in [-0.39, 0.29) is 23.5 Å². The first-order valence-electron chi connectivity index (χ1n) is 6.52. The average Bonchev–Trinajstić information content (AvgIpc) is 2.91. The molecule has 0 aliphatic heterocycles. The summed E-state index contributed by atoms with van der Waals surface area (Å²) in [6.45, 7) is 4.26. The van der Waals surface area contributed by atoms with Gasteiger partial charge in [-0.3, -0.25) is 9.89 Å². The van der Waals surface area contributed by atoms with Crippen LogP contribution in [0.3, 0.4) is 0 Å². The lowest BCUT2D eigenvalue weighted by atomic mass is 10.1. The molecule has 0 radical (unpaired) electrons. The highest BCUT2D eigenvalue weighted by molar-refractivity contribution is 5.90. The Morgan fingerprint density at radius 2 is 2.15 bits per heavy atom. The quantitative estimate of drug-likeness (QED) is 0.878. The van der Waals surface area contributed by atoms with Gasteiger partial charge in [-0.1, -0.05) is 32.0 Å². The van der Waals surface area contributed by atoms with Gasteiger partial charge in [-0.25, -0.2) is 9.37 Å². The SMILES string of the molecule is CC(C)c1nc(C(=O)NCCc2ccccc2F)n[nH]1. The van der Waals surface area contributed by atoms with Crippen molar-refractivity contribution in [2.24, 2.45) is 0 Å². The van der Waals surface area contributed by atoms with Crippen molar-refractivity contribution in [3.8, 4) is 0 Å². The number of carbonyl (C=O) groups is 1. The second kappa shape index (κ2) is 6.27. The maximum absolute atomic E-state index is 13.4. The molecule has 20 heavy (non-hydrogen) atoms. The number of benzene rings is 1. The molecule has 0 saturated heterocycles. The van der Waals surface area contributed by atoms with Crippen LogP contribution in [-0.4, -0.2) is 27.6 Å². The number of H-pyrrole nitrogens is 1. The average molecular weight is 276 g/mol. The van der Waals surface area contributed by atoms with E-state index in [0.29, 0.717) is 24.4 Å².